The number of nitrogens with two attached hydrogens (primary N) is 1. The highest BCUT2D eigenvalue weighted by Gasteiger charge is 2.24. The van der Waals surface area contributed by atoms with E-state index in [0.717, 1.165) is 0 Å². The maximum absolute atomic E-state index is 10.7. The molecular formula is C7H14N2OS. The van der Waals surface area contributed by atoms with E-state index in [1.165, 1.54) is 6.92 Å². The van der Waals surface area contributed by atoms with Crippen molar-refractivity contribution in [3.63, 3.8) is 0 Å². The van der Waals surface area contributed by atoms with Crippen molar-refractivity contribution in [2.75, 3.05) is 5.75 Å². The van der Waals surface area contributed by atoms with Gasteiger partial charge in [-0.05, 0) is 12.5 Å². The van der Waals surface area contributed by atoms with E-state index >= 15 is 0 Å². The van der Waals surface area contributed by atoms with E-state index in [2.05, 4.69) is 24.5 Å². The Hall–Kier alpha value is -0.480. The lowest BCUT2D eigenvalue weighted by Crippen LogP contribution is -2.57. The molecule has 0 aliphatic carbocycles. The fourth-order valence-electron chi connectivity index (χ4n) is 0.595. The summed E-state index contributed by atoms with van der Waals surface area (Å²) >= 11 is 4.01. The van der Waals surface area contributed by atoms with Crippen LogP contribution in [0.15, 0.2) is 12.2 Å². The summed E-state index contributed by atoms with van der Waals surface area (Å²) in [5.41, 5.74) is 5.56. The molecule has 0 unspecified atom stereocenters. The highest BCUT2D eigenvalue weighted by Crippen LogP contribution is 2.08. The van der Waals surface area contributed by atoms with Crippen LogP contribution in [0.4, 0.5) is 0 Å². The van der Waals surface area contributed by atoms with Gasteiger partial charge in [0.1, 0.15) is 5.66 Å². The van der Waals surface area contributed by atoms with Gasteiger partial charge in [-0.3, -0.25) is 4.79 Å². The lowest BCUT2D eigenvalue weighted by atomic mass is 10.1. The predicted octanol–water partition coefficient (Wildman–Crippen LogP) is 0.283. The lowest BCUT2D eigenvalue weighted by molar-refractivity contribution is -0.120. The van der Waals surface area contributed by atoms with E-state index in [-0.39, 0.29) is 5.91 Å². The number of hydrogen-bond donors (Lipinski definition) is 3. The monoisotopic (exact) mass is 174 g/mol. The molecule has 0 saturated carbocycles. The Morgan fingerprint density at radius 1 is 1.73 bits per heavy atom. The number of carbonyl (C=O) groups is 1. The summed E-state index contributed by atoms with van der Waals surface area (Å²) in [4.78, 5) is 10.7. The second-order valence-corrected chi connectivity index (χ2v) is 2.91. The summed E-state index contributed by atoms with van der Waals surface area (Å²) in [6.45, 7) is 6.83. The van der Waals surface area contributed by atoms with Crippen LogP contribution in [-0.2, 0) is 4.79 Å². The Balaban J connectivity index is 4.34. The normalized spacial score (nSPS) is 15.3. The molecule has 0 saturated heterocycles. The molecular weight excluding hydrogens is 160 g/mol. The van der Waals surface area contributed by atoms with Gasteiger partial charge in [-0.1, -0.05) is 6.58 Å². The number of carbonyl (C=O) groups excluding carboxylic acids is 1. The van der Waals surface area contributed by atoms with Crippen LogP contribution in [0.1, 0.15) is 13.8 Å². The third-order valence-electron chi connectivity index (χ3n) is 1.41. The highest BCUT2D eigenvalue weighted by molar-refractivity contribution is 7.80. The highest BCUT2D eigenvalue weighted by atomic mass is 32.1. The van der Waals surface area contributed by atoms with Crippen molar-refractivity contribution in [2.45, 2.75) is 19.5 Å². The predicted molar refractivity (Wildman–Crippen MR) is 49.4 cm³/mol. The molecule has 0 spiro atoms. The van der Waals surface area contributed by atoms with Crippen molar-refractivity contribution in [1.82, 2.24) is 5.32 Å². The number of rotatable bonds is 3. The van der Waals surface area contributed by atoms with Gasteiger partial charge in [0.05, 0.1) is 0 Å². The zero-order valence-electron chi connectivity index (χ0n) is 6.85. The minimum absolute atomic E-state index is 0.176. The van der Waals surface area contributed by atoms with Crippen LogP contribution in [0.25, 0.3) is 0 Å². The molecule has 0 aromatic heterocycles. The van der Waals surface area contributed by atoms with E-state index in [4.69, 9.17) is 5.73 Å². The van der Waals surface area contributed by atoms with Crippen molar-refractivity contribution in [2.24, 2.45) is 5.73 Å². The number of amides is 1. The van der Waals surface area contributed by atoms with Crippen molar-refractivity contribution >= 4 is 18.5 Å². The fourth-order valence-corrected chi connectivity index (χ4v) is 0.944. The van der Waals surface area contributed by atoms with E-state index in [9.17, 15) is 4.79 Å². The fraction of sp³-hybridized carbons (Fsp3) is 0.571. The van der Waals surface area contributed by atoms with Gasteiger partial charge in [-0.2, -0.15) is 12.6 Å². The van der Waals surface area contributed by atoms with Crippen LogP contribution in [0.3, 0.4) is 0 Å². The van der Waals surface area contributed by atoms with E-state index in [1.54, 1.807) is 6.92 Å². The number of hydrogen-bond acceptors (Lipinski definition) is 3. The van der Waals surface area contributed by atoms with Gasteiger partial charge in [0, 0.05) is 12.7 Å². The molecule has 1 amide bonds. The molecule has 0 aliphatic heterocycles. The summed E-state index contributed by atoms with van der Waals surface area (Å²) in [5, 5.41) is 2.57. The lowest BCUT2D eigenvalue weighted by Gasteiger charge is -2.28. The Morgan fingerprint density at radius 3 is 2.27 bits per heavy atom. The molecule has 0 heterocycles. The first kappa shape index (κ1) is 10.5. The zero-order chi connectivity index (χ0) is 9.07. The molecule has 3 N–H and O–H groups in total. The van der Waals surface area contributed by atoms with Crippen molar-refractivity contribution in [1.29, 1.82) is 0 Å². The maximum Gasteiger partial charge on any atom is 0.218 e. The Morgan fingerprint density at radius 2 is 2.18 bits per heavy atom. The molecule has 1 atom stereocenters. The molecule has 64 valence electrons. The molecule has 4 heteroatoms. The maximum atomic E-state index is 10.7. The largest absolute Gasteiger partial charge is 0.334 e. The summed E-state index contributed by atoms with van der Waals surface area (Å²) in [6, 6.07) is 0. The van der Waals surface area contributed by atoms with Gasteiger partial charge >= 0.3 is 0 Å². The minimum atomic E-state index is -0.866. The van der Waals surface area contributed by atoms with Crippen molar-refractivity contribution in [3.05, 3.63) is 12.2 Å². The molecule has 0 fully saturated rings. The topological polar surface area (TPSA) is 55.1 Å². The summed E-state index contributed by atoms with van der Waals surface area (Å²) in [7, 11) is 0. The van der Waals surface area contributed by atoms with Crippen LogP contribution >= 0.6 is 12.6 Å². The van der Waals surface area contributed by atoms with E-state index in [0.29, 0.717) is 11.3 Å². The molecule has 0 rings (SSSR count). The van der Waals surface area contributed by atoms with Crippen molar-refractivity contribution in [3.8, 4) is 0 Å². The second kappa shape index (κ2) is 3.78. The van der Waals surface area contributed by atoms with Gasteiger partial charge in [-0.15, -0.1) is 0 Å². The zero-order valence-corrected chi connectivity index (χ0v) is 7.74. The first-order valence-corrected chi connectivity index (χ1v) is 3.90. The molecule has 0 aliphatic rings. The van der Waals surface area contributed by atoms with Gasteiger partial charge in [0.25, 0.3) is 0 Å². The van der Waals surface area contributed by atoms with Gasteiger partial charge in [0.15, 0.2) is 0 Å². The molecule has 0 aromatic carbocycles. The second-order valence-electron chi connectivity index (χ2n) is 2.59. The van der Waals surface area contributed by atoms with E-state index in [1.807, 2.05) is 0 Å². The smallest absolute Gasteiger partial charge is 0.218 e. The third kappa shape index (κ3) is 2.95. The molecule has 0 radical (unpaired) electrons. The van der Waals surface area contributed by atoms with E-state index < -0.39 is 5.66 Å². The Labute approximate surface area is 72.4 Å². The summed E-state index contributed by atoms with van der Waals surface area (Å²) < 4.78 is 0. The standard InChI is InChI=1S/C7H14N2OS/c1-5(2)7(8,4-11)9-6(3)10/h11H,1,4,8H2,2-3H3,(H,9,10)/t7-/m0/s1. The van der Waals surface area contributed by atoms with Gasteiger partial charge in [0.2, 0.25) is 5.91 Å². The average molecular weight is 174 g/mol. The number of thiol groups is 1. The summed E-state index contributed by atoms with van der Waals surface area (Å²) in [6.07, 6.45) is 0. The van der Waals surface area contributed by atoms with Crippen molar-refractivity contribution < 1.29 is 4.79 Å². The van der Waals surface area contributed by atoms with Crippen LogP contribution in [0.2, 0.25) is 0 Å². The Kier molecular flexibility index (Phi) is 3.62. The van der Waals surface area contributed by atoms with Crippen LogP contribution in [0.5, 0.6) is 0 Å². The van der Waals surface area contributed by atoms with Crippen LogP contribution in [0, 0.1) is 0 Å². The van der Waals surface area contributed by atoms with Gasteiger partial charge < -0.3 is 11.1 Å². The van der Waals surface area contributed by atoms with Crippen LogP contribution in [-0.4, -0.2) is 17.3 Å². The molecule has 0 bridgehead atoms. The molecule has 0 aromatic rings. The first-order chi connectivity index (χ1) is 4.92. The average Bonchev–Trinajstić information content (AvgIpc) is 1.86. The Bertz CT molecular complexity index is 181. The first-order valence-electron chi connectivity index (χ1n) is 3.27. The molecule has 11 heavy (non-hydrogen) atoms. The van der Waals surface area contributed by atoms with Crippen LogP contribution < -0.4 is 11.1 Å². The quantitative estimate of drug-likeness (QED) is 0.327. The summed E-state index contributed by atoms with van der Waals surface area (Å²) in [5.74, 6) is 0.173. The SMILES string of the molecule is C=C(C)[C@](N)(CS)NC(C)=O. The molecule has 3 nitrogen and oxygen atoms in total. The third-order valence-corrected chi connectivity index (χ3v) is 1.91. The van der Waals surface area contributed by atoms with Gasteiger partial charge in [-0.25, -0.2) is 0 Å². The minimum Gasteiger partial charge on any atom is -0.334 e. The number of nitrogens with one attached hydrogen (secondary N) is 1.